The van der Waals surface area contributed by atoms with Gasteiger partial charge in [-0.2, -0.15) is 0 Å². The van der Waals surface area contributed by atoms with E-state index >= 15 is 0 Å². The molecule has 1 aliphatic heterocycles. The lowest BCUT2D eigenvalue weighted by Gasteiger charge is -2.43. The van der Waals surface area contributed by atoms with Gasteiger partial charge in [0, 0.05) is 41.3 Å². The Labute approximate surface area is 204 Å². The molecular formula is C24H24BrNO8. The van der Waals surface area contributed by atoms with Crippen molar-refractivity contribution in [1.29, 1.82) is 0 Å². The predicted octanol–water partition coefficient (Wildman–Crippen LogP) is 3.42. The number of carboxylic acid groups (broad SMARTS) is 2. The van der Waals surface area contributed by atoms with Crippen molar-refractivity contribution in [2.24, 2.45) is 0 Å². The Morgan fingerprint density at radius 3 is 2.09 bits per heavy atom. The van der Waals surface area contributed by atoms with Crippen molar-refractivity contribution in [1.82, 2.24) is 4.90 Å². The van der Waals surface area contributed by atoms with Gasteiger partial charge in [-0.15, -0.1) is 0 Å². The molecule has 10 heteroatoms. The first kappa shape index (κ1) is 24.0. The highest BCUT2D eigenvalue weighted by Crippen LogP contribution is 2.51. The van der Waals surface area contributed by atoms with Crippen molar-refractivity contribution in [2.45, 2.75) is 44.4 Å². The van der Waals surface area contributed by atoms with Crippen molar-refractivity contribution in [3.63, 3.8) is 0 Å². The molecule has 0 aromatic heterocycles. The van der Waals surface area contributed by atoms with Crippen LogP contribution in [0.4, 0.5) is 0 Å². The normalized spacial score (nSPS) is 18.6. The number of carbonyl (C=O) groups excluding carboxylic acids is 2. The molecule has 0 bridgehead atoms. The maximum absolute atomic E-state index is 13.2. The molecule has 2 aliphatic carbocycles. The Morgan fingerprint density at radius 2 is 1.59 bits per heavy atom. The number of carbonyl (C=O) groups is 4. The lowest BCUT2D eigenvalue weighted by atomic mass is 9.71. The largest absolute Gasteiger partial charge is 0.493 e. The average molecular weight is 534 g/mol. The van der Waals surface area contributed by atoms with Gasteiger partial charge in [-0.3, -0.25) is 14.4 Å². The fraction of sp³-hybridized carbons (Fsp3) is 0.417. The second-order valence-electron chi connectivity index (χ2n) is 8.40. The second-order valence-corrected chi connectivity index (χ2v) is 9.26. The molecule has 4 rings (SSSR count). The highest BCUT2D eigenvalue weighted by molar-refractivity contribution is 9.10. The van der Waals surface area contributed by atoms with E-state index in [2.05, 4.69) is 15.9 Å². The topological polar surface area (TPSA) is 130 Å². The van der Waals surface area contributed by atoms with Crippen LogP contribution in [-0.2, 0) is 19.2 Å². The molecular weight excluding hydrogens is 510 g/mol. The van der Waals surface area contributed by atoms with Crippen LogP contribution in [0.15, 0.2) is 39.1 Å². The summed E-state index contributed by atoms with van der Waals surface area (Å²) in [5.74, 6) is -2.58. The fourth-order valence-electron chi connectivity index (χ4n) is 5.06. The molecule has 1 aromatic carbocycles. The van der Waals surface area contributed by atoms with Crippen molar-refractivity contribution in [3.05, 3.63) is 44.7 Å². The second kappa shape index (κ2) is 9.61. The zero-order chi connectivity index (χ0) is 24.6. The maximum atomic E-state index is 13.2. The first-order valence-corrected chi connectivity index (χ1v) is 11.8. The number of halogens is 1. The Balaban J connectivity index is 1.92. The van der Waals surface area contributed by atoms with Crippen LogP contribution in [-0.4, -0.2) is 58.9 Å². The zero-order valence-corrected chi connectivity index (χ0v) is 20.1. The zero-order valence-electron chi connectivity index (χ0n) is 18.6. The number of nitrogens with zero attached hydrogens (tertiary/aromatic N) is 1. The van der Waals surface area contributed by atoms with E-state index in [4.69, 9.17) is 14.6 Å². The molecule has 0 atom stereocenters. The molecule has 0 amide bonds. The van der Waals surface area contributed by atoms with Crippen LogP contribution in [0.1, 0.15) is 50.0 Å². The number of methoxy groups -OCH3 is 1. The van der Waals surface area contributed by atoms with E-state index in [0.717, 1.165) is 0 Å². The van der Waals surface area contributed by atoms with Crippen LogP contribution < -0.4 is 9.47 Å². The quantitative estimate of drug-likeness (QED) is 0.541. The molecule has 0 unspecified atom stereocenters. The van der Waals surface area contributed by atoms with Crippen LogP contribution in [0.3, 0.4) is 0 Å². The lowest BCUT2D eigenvalue weighted by molar-refractivity contribution is -0.139. The van der Waals surface area contributed by atoms with Crippen molar-refractivity contribution >= 4 is 39.4 Å². The van der Waals surface area contributed by atoms with Gasteiger partial charge < -0.3 is 24.6 Å². The fourth-order valence-corrected chi connectivity index (χ4v) is 5.63. The first-order chi connectivity index (χ1) is 16.2. The summed E-state index contributed by atoms with van der Waals surface area (Å²) in [7, 11) is 1.42. The molecule has 0 fully saturated rings. The number of allylic oxidation sites excluding steroid dienone is 4. The Bertz CT molecular complexity index is 1110. The molecule has 0 spiro atoms. The summed E-state index contributed by atoms with van der Waals surface area (Å²) >= 11 is 3.42. The molecule has 180 valence electrons. The van der Waals surface area contributed by atoms with E-state index < -0.39 is 24.5 Å². The van der Waals surface area contributed by atoms with Crippen LogP contribution in [0.2, 0.25) is 0 Å². The summed E-state index contributed by atoms with van der Waals surface area (Å²) in [6.07, 6.45) is 2.98. The number of benzene rings is 1. The van der Waals surface area contributed by atoms with E-state index in [9.17, 15) is 24.3 Å². The van der Waals surface area contributed by atoms with Gasteiger partial charge in [-0.1, -0.05) is 0 Å². The predicted molar refractivity (Wildman–Crippen MR) is 123 cm³/mol. The van der Waals surface area contributed by atoms with E-state index in [1.54, 1.807) is 17.0 Å². The first-order valence-electron chi connectivity index (χ1n) is 11.0. The molecule has 1 heterocycles. The van der Waals surface area contributed by atoms with Crippen molar-refractivity contribution in [3.8, 4) is 11.5 Å². The van der Waals surface area contributed by atoms with Crippen molar-refractivity contribution < 1.29 is 38.9 Å². The molecule has 0 saturated heterocycles. The van der Waals surface area contributed by atoms with Crippen LogP contribution in [0.25, 0.3) is 0 Å². The number of aliphatic carboxylic acids is 2. The van der Waals surface area contributed by atoms with Gasteiger partial charge in [0.05, 0.1) is 11.6 Å². The van der Waals surface area contributed by atoms with Crippen LogP contribution >= 0.6 is 15.9 Å². The van der Waals surface area contributed by atoms with E-state index in [-0.39, 0.29) is 29.6 Å². The highest BCUT2D eigenvalue weighted by atomic mass is 79.9. The number of carboxylic acids is 2. The summed E-state index contributed by atoms with van der Waals surface area (Å²) in [5, 5.41) is 18.5. The van der Waals surface area contributed by atoms with Gasteiger partial charge in [0.25, 0.3) is 0 Å². The van der Waals surface area contributed by atoms with Crippen molar-refractivity contribution in [2.75, 3.05) is 20.3 Å². The number of Topliss-reactive ketones (excluding diaryl/α,β-unsaturated/α-hetero) is 2. The van der Waals surface area contributed by atoms with Gasteiger partial charge in [-0.25, -0.2) is 4.79 Å². The number of ketones is 2. The highest BCUT2D eigenvalue weighted by Gasteiger charge is 2.44. The summed E-state index contributed by atoms with van der Waals surface area (Å²) in [6.45, 7) is -0.872. The van der Waals surface area contributed by atoms with E-state index in [0.29, 0.717) is 71.1 Å². The van der Waals surface area contributed by atoms with Crippen LogP contribution in [0, 0.1) is 0 Å². The molecule has 1 aromatic rings. The Hall–Kier alpha value is -3.14. The van der Waals surface area contributed by atoms with Gasteiger partial charge in [0.2, 0.25) is 0 Å². The van der Waals surface area contributed by atoms with Gasteiger partial charge in [0.1, 0.15) is 6.54 Å². The molecule has 9 nitrogen and oxygen atoms in total. The monoisotopic (exact) mass is 533 g/mol. The number of ether oxygens (including phenoxy) is 2. The summed E-state index contributed by atoms with van der Waals surface area (Å²) in [5.41, 5.74) is 2.85. The van der Waals surface area contributed by atoms with E-state index in [1.807, 2.05) is 0 Å². The molecule has 2 N–H and O–H groups in total. The molecule has 34 heavy (non-hydrogen) atoms. The number of hydrogen-bond acceptors (Lipinski definition) is 7. The number of hydrogen-bond donors (Lipinski definition) is 2. The van der Waals surface area contributed by atoms with Gasteiger partial charge >= 0.3 is 11.9 Å². The standard InChI is InChI=1S/C24H24BrNO8/c1-33-18-9-12(8-13(25)24(18)34-11-20(31)32)21-22-14(4-2-6-16(22)27)26(10-19(29)30)15-5-3-7-17(28)23(15)21/h8-9,21H,2-7,10-11H2,1H3,(H,29,30)(H,31,32). The molecule has 3 aliphatic rings. The summed E-state index contributed by atoms with van der Waals surface area (Å²) < 4.78 is 11.3. The average Bonchev–Trinajstić information content (AvgIpc) is 2.78. The van der Waals surface area contributed by atoms with E-state index in [1.165, 1.54) is 7.11 Å². The Kier molecular flexibility index (Phi) is 6.79. The molecule has 0 saturated carbocycles. The van der Waals surface area contributed by atoms with Gasteiger partial charge in [0.15, 0.2) is 29.7 Å². The number of rotatable bonds is 7. The Morgan fingerprint density at radius 1 is 1.00 bits per heavy atom. The van der Waals surface area contributed by atoms with Gasteiger partial charge in [-0.05, 0) is 59.3 Å². The smallest absolute Gasteiger partial charge is 0.341 e. The third-order valence-corrected chi connectivity index (χ3v) is 6.89. The summed E-state index contributed by atoms with van der Waals surface area (Å²) in [4.78, 5) is 50.7. The third-order valence-electron chi connectivity index (χ3n) is 6.30. The maximum Gasteiger partial charge on any atom is 0.341 e. The summed E-state index contributed by atoms with van der Waals surface area (Å²) in [6, 6.07) is 3.36. The van der Waals surface area contributed by atoms with Crippen LogP contribution in [0.5, 0.6) is 11.5 Å². The minimum Gasteiger partial charge on any atom is -0.493 e. The minimum absolute atomic E-state index is 0.104. The lowest BCUT2D eigenvalue weighted by Crippen LogP contribution is -2.41. The SMILES string of the molecule is COc1cc(C2C3=C(CCCC3=O)N(CC(=O)O)C3=C2C(=O)CCC3)cc(Br)c1OCC(=O)O. The third kappa shape index (κ3) is 4.34. The molecule has 0 radical (unpaired) electrons. The minimum atomic E-state index is -1.14.